The molecule has 0 unspecified atom stereocenters. The molecule has 0 saturated carbocycles. The van der Waals surface area contributed by atoms with Crippen molar-refractivity contribution in [2.24, 2.45) is 0 Å². The molecule has 0 spiro atoms. The lowest BCUT2D eigenvalue weighted by Gasteiger charge is -2.27. The maximum atomic E-state index is 6.78. The highest BCUT2D eigenvalue weighted by atomic mass is 16.3. The summed E-state index contributed by atoms with van der Waals surface area (Å²) >= 11 is 0. The first-order valence-electron chi connectivity index (χ1n) is 19.5. The Morgan fingerprint density at radius 2 is 1.00 bits per heavy atom. The van der Waals surface area contributed by atoms with Gasteiger partial charge in [-0.15, -0.1) is 0 Å². The van der Waals surface area contributed by atoms with E-state index < -0.39 is 0 Å². The summed E-state index contributed by atoms with van der Waals surface area (Å²) in [4.78, 5) is 2.40. The van der Waals surface area contributed by atoms with Gasteiger partial charge < -0.3 is 13.9 Å². The van der Waals surface area contributed by atoms with E-state index in [9.17, 15) is 0 Å². The van der Waals surface area contributed by atoms with Crippen molar-refractivity contribution < 1.29 is 4.42 Å². The van der Waals surface area contributed by atoms with E-state index >= 15 is 0 Å². The number of nitrogens with zero attached hydrogens (tertiary/aromatic N) is 2. The van der Waals surface area contributed by atoms with E-state index in [2.05, 4.69) is 216 Å². The van der Waals surface area contributed by atoms with Gasteiger partial charge in [0.05, 0.1) is 16.7 Å². The Bertz CT molecular complexity index is 3520. The topological polar surface area (TPSA) is 21.3 Å². The van der Waals surface area contributed by atoms with Gasteiger partial charge in [0.2, 0.25) is 0 Å². The van der Waals surface area contributed by atoms with Gasteiger partial charge >= 0.3 is 0 Å². The average molecular weight is 727 g/mol. The smallest absolute Gasteiger partial charge is 0.136 e. The van der Waals surface area contributed by atoms with Crippen molar-refractivity contribution in [2.45, 2.75) is 0 Å². The monoisotopic (exact) mass is 726 g/mol. The molecular formula is C54H34N2O. The van der Waals surface area contributed by atoms with Crippen LogP contribution in [0, 0.1) is 0 Å². The molecule has 0 aliphatic carbocycles. The molecular weight excluding hydrogens is 693 g/mol. The van der Waals surface area contributed by atoms with Gasteiger partial charge in [-0.05, 0) is 111 Å². The number of fused-ring (bicyclic) bond motifs is 11. The number of furan rings is 1. The molecule has 12 rings (SSSR count). The summed E-state index contributed by atoms with van der Waals surface area (Å²) in [5.74, 6) is 0. The fraction of sp³-hybridized carbons (Fsp3) is 0. The molecule has 3 nitrogen and oxygen atoms in total. The van der Waals surface area contributed by atoms with Crippen LogP contribution in [0.15, 0.2) is 211 Å². The van der Waals surface area contributed by atoms with Gasteiger partial charge in [-0.1, -0.05) is 133 Å². The maximum absolute atomic E-state index is 6.78. The SMILES string of the molecule is c1ccc(N(c2ccc3ccc4ccccc4c3c2)c2cccc3ccc4oc5cc(-c6ccc7c8ccccc8n(-c8ccccc8)c7c6)ccc5c4c23)cc1. The normalized spacial score (nSPS) is 11.9. The minimum absolute atomic E-state index is 0.872. The van der Waals surface area contributed by atoms with Gasteiger partial charge in [0, 0.05) is 44.0 Å². The molecule has 2 heterocycles. The van der Waals surface area contributed by atoms with Crippen molar-refractivity contribution in [3.05, 3.63) is 206 Å². The highest BCUT2D eigenvalue weighted by Crippen LogP contribution is 2.46. The van der Waals surface area contributed by atoms with E-state index in [1.54, 1.807) is 0 Å². The van der Waals surface area contributed by atoms with Crippen LogP contribution in [0.1, 0.15) is 0 Å². The van der Waals surface area contributed by atoms with E-state index in [4.69, 9.17) is 4.42 Å². The first-order chi connectivity index (χ1) is 28.3. The Morgan fingerprint density at radius 3 is 1.86 bits per heavy atom. The van der Waals surface area contributed by atoms with Crippen molar-refractivity contribution in [1.29, 1.82) is 0 Å². The fourth-order valence-corrected chi connectivity index (χ4v) is 9.13. The van der Waals surface area contributed by atoms with Crippen molar-refractivity contribution in [1.82, 2.24) is 4.57 Å². The Hall–Kier alpha value is -7.62. The first-order valence-corrected chi connectivity index (χ1v) is 19.5. The predicted octanol–water partition coefficient (Wildman–Crippen LogP) is 15.3. The van der Waals surface area contributed by atoms with Crippen molar-refractivity contribution >= 4 is 93.1 Å². The lowest BCUT2D eigenvalue weighted by atomic mass is 9.98. The zero-order valence-electron chi connectivity index (χ0n) is 30.9. The number of hydrogen-bond donors (Lipinski definition) is 0. The standard InChI is InChI=1S/C54H34N2O/c1-3-14-40(15-4-1)55(42-28-24-36-23-22-35-12-7-8-18-43(35)47(36)34-42)49-21-11-13-37-27-31-51-54(53(37)49)46-30-26-39(33-52(46)57-51)38-25-29-45-44-19-9-10-20-48(44)56(50(45)32-38)41-16-5-2-6-17-41/h1-34H. The summed E-state index contributed by atoms with van der Waals surface area (Å²) in [5.41, 5.74) is 10.9. The molecule has 0 atom stereocenters. The lowest BCUT2D eigenvalue weighted by molar-refractivity contribution is 0.669. The molecule has 0 N–H and O–H groups in total. The summed E-state index contributed by atoms with van der Waals surface area (Å²) in [6, 6.07) is 74.4. The Kier molecular flexibility index (Phi) is 6.93. The summed E-state index contributed by atoms with van der Waals surface area (Å²) in [6.07, 6.45) is 0. The summed E-state index contributed by atoms with van der Waals surface area (Å²) in [5, 5.41) is 12.0. The third-order valence-corrected chi connectivity index (χ3v) is 11.7. The molecule has 2 aromatic heterocycles. The Balaban J connectivity index is 1.06. The van der Waals surface area contributed by atoms with Gasteiger partial charge in [-0.3, -0.25) is 0 Å². The lowest BCUT2D eigenvalue weighted by Crippen LogP contribution is -2.10. The fourth-order valence-electron chi connectivity index (χ4n) is 9.13. The van der Waals surface area contributed by atoms with Crippen LogP contribution in [-0.2, 0) is 0 Å². The molecule has 0 aliphatic heterocycles. The average Bonchev–Trinajstić information content (AvgIpc) is 3.82. The molecule has 0 fully saturated rings. The predicted molar refractivity (Wildman–Crippen MR) is 241 cm³/mol. The van der Waals surface area contributed by atoms with Crippen molar-refractivity contribution in [3.8, 4) is 16.8 Å². The number of aromatic nitrogens is 1. The van der Waals surface area contributed by atoms with Crippen LogP contribution in [0.25, 0.3) is 92.9 Å². The minimum Gasteiger partial charge on any atom is -0.456 e. The quantitative estimate of drug-likeness (QED) is 0.165. The molecule has 0 amide bonds. The van der Waals surface area contributed by atoms with Crippen LogP contribution in [0.3, 0.4) is 0 Å². The van der Waals surface area contributed by atoms with Gasteiger partial charge in [0.25, 0.3) is 0 Å². The minimum atomic E-state index is 0.872. The molecule has 0 bridgehead atoms. The van der Waals surface area contributed by atoms with Crippen LogP contribution < -0.4 is 4.90 Å². The zero-order valence-corrected chi connectivity index (χ0v) is 30.9. The number of para-hydroxylation sites is 3. The van der Waals surface area contributed by atoms with E-state index in [1.807, 2.05) is 0 Å². The molecule has 0 saturated heterocycles. The van der Waals surface area contributed by atoms with E-state index in [1.165, 1.54) is 43.4 Å². The third-order valence-electron chi connectivity index (χ3n) is 11.7. The maximum Gasteiger partial charge on any atom is 0.136 e. The Morgan fingerprint density at radius 1 is 0.351 bits per heavy atom. The van der Waals surface area contributed by atoms with Gasteiger partial charge in [0.1, 0.15) is 11.2 Å². The molecule has 12 aromatic rings. The zero-order chi connectivity index (χ0) is 37.5. The second-order valence-electron chi connectivity index (χ2n) is 14.9. The van der Waals surface area contributed by atoms with Crippen LogP contribution in [0.5, 0.6) is 0 Å². The number of anilines is 3. The van der Waals surface area contributed by atoms with Crippen LogP contribution in [-0.4, -0.2) is 4.57 Å². The molecule has 0 aliphatic rings. The second-order valence-corrected chi connectivity index (χ2v) is 14.9. The second kappa shape index (κ2) is 12.5. The number of rotatable bonds is 5. The van der Waals surface area contributed by atoms with Gasteiger partial charge in [0.15, 0.2) is 0 Å². The first kappa shape index (κ1) is 31.7. The van der Waals surface area contributed by atoms with Crippen molar-refractivity contribution in [3.63, 3.8) is 0 Å². The molecule has 3 heteroatoms. The van der Waals surface area contributed by atoms with E-state index in [0.717, 1.165) is 66.6 Å². The van der Waals surface area contributed by atoms with Gasteiger partial charge in [-0.25, -0.2) is 0 Å². The number of hydrogen-bond acceptors (Lipinski definition) is 2. The molecule has 0 radical (unpaired) electrons. The van der Waals surface area contributed by atoms with Crippen LogP contribution in [0.4, 0.5) is 17.1 Å². The van der Waals surface area contributed by atoms with E-state index in [0.29, 0.717) is 0 Å². The Labute approximate surface area is 328 Å². The summed E-state index contributed by atoms with van der Waals surface area (Å²) in [6.45, 7) is 0. The molecule has 57 heavy (non-hydrogen) atoms. The van der Waals surface area contributed by atoms with Crippen LogP contribution in [0.2, 0.25) is 0 Å². The van der Waals surface area contributed by atoms with Crippen molar-refractivity contribution in [2.75, 3.05) is 4.90 Å². The van der Waals surface area contributed by atoms with Gasteiger partial charge in [-0.2, -0.15) is 0 Å². The highest BCUT2D eigenvalue weighted by molar-refractivity contribution is 6.24. The molecule has 10 aromatic carbocycles. The molecule has 266 valence electrons. The summed E-state index contributed by atoms with van der Waals surface area (Å²) < 4.78 is 9.15. The van der Waals surface area contributed by atoms with E-state index in [-0.39, 0.29) is 0 Å². The highest BCUT2D eigenvalue weighted by Gasteiger charge is 2.21. The van der Waals surface area contributed by atoms with Crippen LogP contribution >= 0.6 is 0 Å². The third kappa shape index (κ3) is 4.92. The largest absolute Gasteiger partial charge is 0.456 e. The number of benzene rings is 10. The summed E-state index contributed by atoms with van der Waals surface area (Å²) in [7, 11) is 0.